The van der Waals surface area contributed by atoms with Crippen molar-refractivity contribution in [3.05, 3.63) is 76.7 Å². The fourth-order valence-electron chi connectivity index (χ4n) is 2.72. The van der Waals surface area contributed by atoms with E-state index in [0.29, 0.717) is 23.6 Å². The quantitative estimate of drug-likeness (QED) is 0.800. The van der Waals surface area contributed by atoms with Crippen LogP contribution in [0.3, 0.4) is 0 Å². The van der Waals surface area contributed by atoms with E-state index >= 15 is 0 Å². The van der Waals surface area contributed by atoms with Crippen LogP contribution in [0, 0.1) is 20.8 Å². The number of rotatable bonds is 4. The van der Waals surface area contributed by atoms with E-state index in [-0.39, 0.29) is 5.91 Å². The van der Waals surface area contributed by atoms with Gasteiger partial charge < -0.3 is 5.32 Å². The summed E-state index contributed by atoms with van der Waals surface area (Å²) < 4.78 is 1.86. The molecule has 0 aliphatic rings. The number of hydrogen-bond acceptors (Lipinski definition) is 3. The first kappa shape index (κ1) is 15.9. The van der Waals surface area contributed by atoms with Crippen molar-refractivity contribution < 1.29 is 4.79 Å². The van der Waals surface area contributed by atoms with Gasteiger partial charge in [0.2, 0.25) is 0 Å². The second-order valence-electron chi connectivity index (χ2n) is 5.86. The molecule has 3 aromatic rings. The summed E-state index contributed by atoms with van der Waals surface area (Å²) >= 11 is 0. The molecule has 0 aliphatic carbocycles. The molecule has 0 radical (unpaired) electrons. The van der Waals surface area contributed by atoms with E-state index in [0.717, 1.165) is 16.8 Å². The van der Waals surface area contributed by atoms with Gasteiger partial charge in [-0.15, -0.1) is 0 Å². The summed E-state index contributed by atoms with van der Waals surface area (Å²) in [5.74, 6) is 0.372. The minimum Gasteiger partial charge on any atom is -0.306 e. The smallest absolute Gasteiger partial charge is 0.260 e. The van der Waals surface area contributed by atoms with E-state index in [1.165, 1.54) is 0 Å². The number of aromatic nitrogens is 3. The van der Waals surface area contributed by atoms with Crippen LogP contribution in [0.2, 0.25) is 0 Å². The number of aryl methyl sites for hydroxylation is 2. The highest BCUT2D eigenvalue weighted by Gasteiger charge is 2.19. The van der Waals surface area contributed by atoms with Crippen molar-refractivity contribution in [1.29, 1.82) is 0 Å². The summed E-state index contributed by atoms with van der Waals surface area (Å²) in [5, 5.41) is 7.38. The molecule has 3 rings (SSSR count). The zero-order chi connectivity index (χ0) is 17.1. The van der Waals surface area contributed by atoms with Gasteiger partial charge in [0.1, 0.15) is 5.82 Å². The molecule has 1 aromatic carbocycles. The maximum atomic E-state index is 12.6. The van der Waals surface area contributed by atoms with Gasteiger partial charge in [-0.25, -0.2) is 4.98 Å². The van der Waals surface area contributed by atoms with Crippen molar-refractivity contribution in [2.45, 2.75) is 27.3 Å². The second kappa shape index (κ2) is 6.66. The van der Waals surface area contributed by atoms with E-state index in [1.807, 2.05) is 67.9 Å². The first-order valence-corrected chi connectivity index (χ1v) is 7.86. The molecular weight excluding hydrogens is 300 g/mol. The van der Waals surface area contributed by atoms with Crippen molar-refractivity contribution in [2.75, 3.05) is 5.32 Å². The monoisotopic (exact) mass is 320 g/mol. The van der Waals surface area contributed by atoms with Gasteiger partial charge in [-0.05, 0) is 44.0 Å². The normalized spacial score (nSPS) is 10.6. The summed E-state index contributed by atoms with van der Waals surface area (Å²) in [6, 6.07) is 13.8. The highest BCUT2D eigenvalue weighted by atomic mass is 16.1. The van der Waals surface area contributed by atoms with Crippen molar-refractivity contribution in [3.8, 4) is 0 Å². The number of benzene rings is 1. The van der Waals surface area contributed by atoms with E-state index in [4.69, 9.17) is 0 Å². The Hall–Kier alpha value is -2.95. The average molecular weight is 320 g/mol. The van der Waals surface area contributed by atoms with Crippen molar-refractivity contribution in [3.63, 3.8) is 0 Å². The lowest BCUT2D eigenvalue weighted by Gasteiger charge is -2.07. The van der Waals surface area contributed by atoms with Gasteiger partial charge in [0.25, 0.3) is 5.91 Å². The lowest BCUT2D eigenvalue weighted by Crippen LogP contribution is -2.15. The minimum atomic E-state index is -0.178. The Morgan fingerprint density at radius 1 is 1.12 bits per heavy atom. The second-order valence-corrected chi connectivity index (χ2v) is 5.86. The van der Waals surface area contributed by atoms with E-state index in [1.54, 1.807) is 6.20 Å². The Balaban J connectivity index is 1.84. The van der Waals surface area contributed by atoms with Crippen LogP contribution in [0.5, 0.6) is 0 Å². The Bertz CT molecular complexity index is 868. The summed E-state index contributed by atoms with van der Waals surface area (Å²) in [6.07, 6.45) is 1.68. The lowest BCUT2D eigenvalue weighted by atomic mass is 10.1. The Morgan fingerprint density at radius 2 is 1.88 bits per heavy atom. The molecule has 0 unspecified atom stereocenters. The van der Waals surface area contributed by atoms with Crippen LogP contribution >= 0.6 is 0 Å². The number of carbonyl (C=O) groups excluding carboxylic acids is 1. The predicted molar refractivity (Wildman–Crippen MR) is 94.2 cm³/mol. The van der Waals surface area contributed by atoms with E-state index in [9.17, 15) is 4.79 Å². The molecule has 0 atom stereocenters. The number of pyridine rings is 1. The molecule has 24 heavy (non-hydrogen) atoms. The summed E-state index contributed by atoms with van der Waals surface area (Å²) in [4.78, 5) is 16.8. The van der Waals surface area contributed by atoms with Gasteiger partial charge in [-0.1, -0.05) is 30.3 Å². The van der Waals surface area contributed by atoms with Crippen molar-refractivity contribution in [2.24, 2.45) is 0 Å². The Morgan fingerprint density at radius 3 is 2.58 bits per heavy atom. The van der Waals surface area contributed by atoms with Crippen LogP contribution in [0.1, 0.15) is 32.9 Å². The SMILES string of the molecule is Cc1ccnc(NC(=O)c2c(C)nn(Cc3ccccc3)c2C)c1. The standard InChI is InChI=1S/C19H20N4O/c1-13-9-10-20-17(11-13)21-19(24)18-14(2)22-23(15(18)3)12-16-7-5-4-6-8-16/h4-11H,12H2,1-3H3,(H,20,21,24). The molecule has 0 aliphatic heterocycles. The highest BCUT2D eigenvalue weighted by Crippen LogP contribution is 2.17. The molecule has 2 aromatic heterocycles. The number of nitrogens with zero attached hydrogens (tertiary/aromatic N) is 3. The summed E-state index contributed by atoms with van der Waals surface area (Å²) in [5.41, 5.74) is 4.37. The number of nitrogens with one attached hydrogen (secondary N) is 1. The van der Waals surface area contributed by atoms with Crippen molar-refractivity contribution >= 4 is 11.7 Å². The fraction of sp³-hybridized carbons (Fsp3) is 0.211. The molecular formula is C19H20N4O. The Labute approximate surface area is 141 Å². The largest absolute Gasteiger partial charge is 0.306 e. The molecule has 0 bridgehead atoms. The third-order valence-corrected chi connectivity index (χ3v) is 3.94. The van der Waals surface area contributed by atoms with Gasteiger partial charge in [0.15, 0.2) is 0 Å². The molecule has 122 valence electrons. The predicted octanol–water partition coefficient (Wildman–Crippen LogP) is 3.50. The van der Waals surface area contributed by atoms with Crippen LogP contribution in [0.4, 0.5) is 5.82 Å². The molecule has 5 heteroatoms. The molecule has 2 heterocycles. The molecule has 0 saturated carbocycles. The molecule has 0 fully saturated rings. The number of hydrogen-bond donors (Lipinski definition) is 1. The molecule has 0 spiro atoms. The summed E-state index contributed by atoms with van der Waals surface area (Å²) in [6.45, 7) is 6.38. The van der Waals surface area contributed by atoms with E-state index < -0.39 is 0 Å². The van der Waals surface area contributed by atoms with Gasteiger partial charge in [0.05, 0.1) is 17.8 Å². The van der Waals surface area contributed by atoms with Gasteiger partial charge in [0, 0.05) is 11.9 Å². The zero-order valence-electron chi connectivity index (χ0n) is 14.1. The van der Waals surface area contributed by atoms with Crippen LogP contribution in [-0.2, 0) is 6.54 Å². The lowest BCUT2D eigenvalue weighted by molar-refractivity contribution is 0.102. The topological polar surface area (TPSA) is 59.8 Å². The molecule has 5 nitrogen and oxygen atoms in total. The van der Waals surface area contributed by atoms with Crippen LogP contribution in [0.25, 0.3) is 0 Å². The van der Waals surface area contributed by atoms with Gasteiger partial charge in [-0.3, -0.25) is 9.48 Å². The molecule has 1 N–H and O–H groups in total. The number of carbonyl (C=O) groups is 1. The average Bonchev–Trinajstić information content (AvgIpc) is 2.82. The number of amides is 1. The molecule has 0 saturated heterocycles. The first-order valence-electron chi connectivity index (χ1n) is 7.86. The molecule has 1 amide bonds. The maximum Gasteiger partial charge on any atom is 0.260 e. The summed E-state index contributed by atoms with van der Waals surface area (Å²) in [7, 11) is 0. The van der Waals surface area contributed by atoms with Crippen LogP contribution < -0.4 is 5.32 Å². The first-order chi connectivity index (χ1) is 11.5. The minimum absolute atomic E-state index is 0.178. The van der Waals surface area contributed by atoms with Crippen LogP contribution in [-0.4, -0.2) is 20.7 Å². The fourth-order valence-corrected chi connectivity index (χ4v) is 2.72. The third-order valence-electron chi connectivity index (χ3n) is 3.94. The Kier molecular flexibility index (Phi) is 4.42. The number of anilines is 1. The van der Waals surface area contributed by atoms with Crippen LogP contribution in [0.15, 0.2) is 48.7 Å². The van der Waals surface area contributed by atoms with Crippen molar-refractivity contribution in [1.82, 2.24) is 14.8 Å². The zero-order valence-corrected chi connectivity index (χ0v) is 14.1. The van der Waals surface area contributed by atoms with Gasteiger partial charge in [-0.2, -0.15) is 5.10 Å². The van der Waals surface area contributed by atoms with E-state index in [2.05, 4.69) is 15.4 Å². The highest BCUT2D eigenvalue weighted by molar-refractivity contribution is 6.05. The third kappa shape index (κ3) is 3.35. The van der Waals surface area contributed by atoms with Gasteiger partial charge >= 0.3 is 0 Å². The maximum absolute atomic E-state index is 12.6.